The van der Waals surface area contributed by atoms with Crippen LogP contribution >= 0.6 is 59.1 Å². The summed E-state index contributed by atoms with van der Waals surface area (Å²) in [4.78, 5) is 0.928. The monoisotopic (exact) mass is 424 g/mol. The number of rotatable bonds is 2. The Morgan fingerprint density at radius 3 is 2.12 bits per heavy atom. The van der Waals surface area contributed by atoms with E-state index < -0.39 is 6.10 Å². The lowest BCUT2D eigenvalue weighted by molar-refractivity contribution is 0.224. The average Bonchev–Trinajstić information content (AvgIpc) is 2.62. The summed E-state index contributed by atoms with van der Waals surface area (Å²) in [6.45, 7) is 0. The van der Waals surface area contributed by atoms with Crippen LogP contribution in [-0.2, 0) is 0 Å². The van der Waals surface area contributed by atoms with Gasteiger partial charge in [-0.2, -0.15) is 0 Å². The number of hydrogen-bond acceptors (Lipinski definition) is 2. The molecule has 1 unspecified atom stereocenters. The van der Waals surface area contributed by atoms with Gasteiger partial charge in [0, 0.05) is 13.8 Å². The van der Waals surface area contributed by atoms with Crippen molar-refractivity contribution >= 4 is 59.1 Å². The van der Waals surface area contributed by atoms with Gasteiger partial charge in [0.15, 0.2) is 0 Å². The Labute approximate surface area is 123 Å². The molecular weight excluding hydrogens is 420 g/mol. The van der Waals surface area contributed by atoms with Gasteiger partial charge in [-0.1, -0.05) is 31.9 Å². The van der Waals surface area contributed by atoms with Crippen molar-refractivity contribution in [2.24, 2.45) is 0 Å². The van der Waals surface area contributed by atoms with Crippen LogP contribution in [0.25, 0.3) is 0 Å². The zero-order valence-corrected chi connectivity index (χ0v) is 13.5. The molecule has 1 N–H and O–H groups in total. The van der Waals surface area contributed by atoms with E-state index in [1.165, 1.54) is 11.3 Å². The quantitative estimate of drug-likeness (QED) is 0.706. The molecular formula is C11H7Br3OS. The smallest absolute Gasteiger partial charge is 0.113 e. The first-order valence-corrected chi connectivity index (χ1v) is 7.65. The van der Waals surface area contributed by atoms with Crippen LogP contribution in [0.5, 0.6) is 0 Å². The van der Waals surface area contributed by atoms with Gasteiger partial charge in [-0.05, 0) is 51.8 Å². The van der Waals surface area contributed by atoms with Crippen LogP contribution in [0.4, 0.5) is 0 Å². The molecule has 2 aromatic rings. The minimum atomic E-state index is -0.579. The van der Waals surface area contributed by atoms with Crippen LogP contribution < -0.4 is 0 Å². The molecule has 0 fully saturated rings. The Hall–Kier alpha value is 0.320. The van der Waals surface area contributed by atoms with E-state index in [1.54, 1.807) is 0 Å². The summed E-state index contributed by atoms with van der Waals surface area (Å²) < 4.78 is 2.92. The molecule has 1 nitrogen and oxygen atoms in total. The molecule has 0 saturated heterocycles. The molecule has 0 spiro atoms. The summed E-state index contributed by atoms with van der Waals surface area (Å²) >= 11 is 11.8. The van der Waals surface area contributed by atoms with Gasteiger partial charge in [0.1, 0.15) is 6.10 Å². The molecule has 1 aromatic carbocycles. The minimum absolute atomic E-state index is 0.579. The first-order valence-electron chi connectivity index (χ1n) is 4.45. The topological polar surface area (TPSA) is 20.2 Å². The summed E-state index contributed by atoms with van der Waals surface area (Å²) in [6.07, 6.45) is -0.579. The van der Waals surface area contributed by atoms with Gasteiger partial charge in [0.2, 0.25) is 0 Å². The highest BCUT2D eigenvalue weighted by atomic mass is 79.9. The molecule has 0 aliphatic rings. The maximum absolute atomic E-state index is 10.2. The van der Waals surface area contributed by atoms with E-state index in [-0.39, 0.29) is 0 Å². The summed E-state index contributed by atoms with van der Waals surface area (Å²) in [7, 11) is 0. The van der Waals surface area contributed by atoms with Crippen LogP contribution in [0.3, 0.4) is 0 Å². The van der Waals surface area contributed by atoms with Crippen LogP contribution in [0.2, 0.25) is 0 Å². The third-order valence-corrected chi connectivity index (χ3v) is 4.66. The highest BCUT2D eigenvalue weighted by molar-refractivity contribution is 9.11. The van der Waals surface area contributed by atoms with Crippen LogP contribution in [-0.4, -0.2) is 5.11 Å². The van der Waals surface area contributed by atoms with Crippen molar-refractivity contribution in [3.8, 4) is 0 Å². The summed E-state index contributed by atoms with van der Waals surface area (Å²) in [5.41, 5.74) is 0.871. The fraction of sp³-hybridized carbons (Fsp3) is 0.0909. The fourth-order valence-corrected chi connectivity index (χ4v) is 4.14. The molecule has 16 heavy (non-hydrogen) atoms. The Balaban J connectivity index is 2.37. The lowest BCUT2D eigenvalue weighted by Crippen LogP contribution is -1.96. The van der Waals surface area contributed by atoms with E-state index in [1.807, 2.05) is 30.3 Å². The molecule has 2 rings (SSSR count). The van der Waals surface area contributed by atoms with E-state index in [0.717, 1.165) is 23.2 Å². The third kappa shape index (κ3) is 2.96. The highest BCUT2D eigenvalue weighted by Gasteiger charge is 2.13. The van der Waals surface area contributed by atoms with E-state index in [2.05, 4.69) is 47.8 Å². The molecule has 0 saturated carbocycles. The SMILES string of the molecule is OC(c1cc(Br)cc(Br)c1)c1ccc(Br)s1. The van der Waals surface area contributed by atoms with Gasteiger partial charge < -0.3 is 5.11 Å². The van der Waals surface area contributed by atoms with E-state index in [4.69, 9.17) is 0 Å². The first-order chi connectivity index (χ1) is 7.56. The number of benzene rings is 1. The minimum Gasteiger partial charge on any atom is -0.383 e. The first kappa shape index (κ1) is 12.8. The van der Waals surface area contributed by atoms with Crippen molar-refractivity contribution in [2.75, 3.05) is 0 Å². The summed E-state index contributed by atoms with van der Waals surface area (Å²) in [5, 5.41) is 10.2. The normalized spacial score (nSPS) is 12.8. The molecule has 84 valence electrons. The van der Waals surface area contributed by atoms with E-state index in [9.17, 15) is 5.11 Å². The fourth-order valence-electron chi connectivity index (χ4n) is 1.37. The molecule has 0 radical (unpaired) electrons. The second-order valence-electron chi connectivity index (χ2n) is 3.25. The largest absolute Gasteiger partial charge is 0.383 e. The molecule has 0 amide bonds. The second-order valence-corrected chi connectivity index (χ2v) is 7.57. The van der Waals surface area contributed by atoms with Crippen LogP contribution in [0.15, 0.2) is 43.1 Å². The Kier molecular flexibility index (Phi) is 4.24. The maximum atomic E-state index is 10.2. The lowest BCUT2D eigenvalue weighted by Gasteiger charge is -2.09. The lowest BCUT2D eigenvalue weighted by atomic mass is 10.1. The van der Waals surface area contributed by atoms with Crippen LogP contribution in [0, 0.1) is 0 Å². The third-order valence-electron chi connectivity index (χ3n) is 2.06. The molecule has 5 heteroatoms. The molecule has 0 aliphatic carbocycles. The average molecular weight is 427 g/mol. The number of aliphatic hydroxyl groups excluding tert-OH is 1. The number of halogens is 3. The molecule has 0 aliphatic heterocycles. The Morgan fingerprint density at radius 1 is 1.00 bits per heavy atom. The molecule has 1 atom stereocenters. The molecule has 1 aromatic heterocycles. The van der Waals surface area contributed by atoms with Gasteiger partial charge in [0.05, 0.1) is 3.79 Å². The summed E-state index contributed by atoms with van der Waals surface area (Å²) in [5.74, 6) is 0. The standard InChI is InChI=1S/C11H7Br3OS/c12-7-3-6(4-8(13)5-7)11(15)9-1-2-10(14)16-9/h1-5,11,15H. The Bertz CT molecular complexity index is 489. The zero-order chi connectivity index (χ0) is 11.7. The molecule has 0 bridgehead atoms. The number of hydrogen-bond donors (Lipinski definition) is 1. The predicted octanol–water partition coefficient (Wildman–Crippen LogP) is 5.12. The van der Waals surface area contributed by atoms with Crippen molar-refractivity contribution < 1.29 is 5.11 Å². The summed E-state index contributed by atoms with van der Waals surface area (Å²) in [6, 6.07) is 9.65. The second kappa shape index (κ2) is 5.31. The van der Waals surface area contributed by atoms with Crippen molar-refractivity contribution in [1.82, 2.24) is 0 Å². The van der Waals surface area contributed by atoms with Crippen molar-refractivity contribution in [3.63, 3.8) is 0 Å². The van der Waals surface area contributed by atoms with Gasteiger partial charge in [-0.25, -0.2) is 0 Å². The van der Waals surface area contributed by atoms with Gasteiger partial charge in [-0.15, -0.1) is 11.3 Å². The van der Waals surface area contributed by atoms with Gasteiger partial charge >= 0.3 is 0 Å². The van der Waals surface area contributed by atoms with Gasteiger partial charge in [0.25, 0.3) is 0 Å². The van der Waals surface area contributed by atoms with Crippen molar-refractivity contribution in [1.29, 1.82) is 0 Å². The molecule has 1 heterocycles. The van der Waals surface area contributed by atoms with Crippen molar-refractivity contribution in [3.05, 3.63) is 53.5 Å². The van der Waals surface area contributed by atoms with Crippen LogP contribution in [0.1, 0.15) is 16.5 Å². The van der Waals surface area contributed by atoms with Gasteiger partial charge in [-0.3, -0.25) is 0 Å². The highest BCUT2D eigenvalue weighted by Crippen LogP contribution is 2.33. The van der Waals surface area contributed by atoms with E-state index in [0.29, 0.717) is 0 Å². The predicted molar refractivity (Wildman–Crippen MR) is 77.9 cm³/mol. The number of thiophene rings is 1. The Morgan fingerprint density at radius 2 is 1.62 bits per heavy atom. The maximum Gasteiger partial charge on any atom is 0.113 e. The van der Waals surface area contributed by atoms with Crippen molar-refractivity contribution in [2.45, 2.75) is 6.10 Å². The van der Waals surface area contributed by atoms with E-state index >= 15 is 0 Å². The number of aliphatic hydroxyl groups is 1. The zero-order valence-electron chi connectivity index (χ0n) is 7.95.